The summed E-state index contributed by atoms with van der Waals surface area (Å²) in [5, 5.41) is 1.19. The van der Waals surface area contributed by atoms with Gasteiger partial charge in [0.25, 0.3) is 0 Å². The molecule has 3 heteroatoms. The lowest BCUT2D eigenvalue weighted by Crippen LogP contribution is -2.23. The largest absolute Gasteiger partial charge is 0.355 e. The Hall–Kier alpha value is -1.61. The van der Waals surface area contributed by atoms with Crippen molar-refractivity contribution in [2.45, 2.75) is 6.42 Å². The number of rotatable bonds is 1. The molecular formula is C13H15N3. The van der Waals surface area contributed by atoms with Crippen molar-refractivity contribution in [1.82, 2.24) is 14.9 Å². The molecule has 3 heterocycles. The van der Waals surface area contributed by atoms with Gasteiger partial charge in [-0.2, -0.15) is 0 Å². The summed E-state index contributed by atoms with van der Waals surface area (Å²) in [4.78, 5) is 9.92. The fourth-order valence-corrected chi connectivity index (χ4v) is 2.16. The molecule has 1 aliphatic rings. The first-order chi connectivity index (χ1) is 7.83. The zero-order valence-electron chi connectivity index (χ0n) is 9.40. The van der Waals surface area contributed by atoms with Crippen molar-refractivity contribution in [3.05, 3.63) is 36.3 Å². The van der Waals surface area contributed by atoms with Crippen LogP contribution in [0.15, 0.2) is 30.6 Å². The highest BCUT2D eigenvalue weighted by atomic mass is 15.1. The summed E-state index contributed by atoms with van der Waals surface area (Å²) in [5.41, 5.74) is 3.84. The molecule has 1 aliphatic heterocycles. The van der Waals surface area contributed by atoms with E-state index in [9.17, 15) is 0 Å². The van der Waals surface area contributed by atoms with Crippen LogP contribution in [0, 0.1) is 0 Å². The second-order valence-electron chi connectivity index (χ2n) is 4.39. The summed E-state index contributed by atoms with van der Waals surface area (Å²) in [7, 11) is 2.16. The molecule has 2 aromatic rings. The van der Waals surface area contributed by atoms with Crippen LogP contribution in [-0.2, 0) is 0 Å². The second kappa shape index (κ2) is 3.76. The normalized spacial score (nSPS) is 17.7. The van der Waals surface area contributed by atoms with Crippen LogP contribution in [0.3, 0.4) is 0 Å². The van der Waals surface area contributed by atoms with Gasteiger partial charge in [-0.25, -0.2) is 0 Å². The molecule has 0 bridgehead atoms. The molecule has 0 unspecified atom stereocenters. The number of hydrogen-bond donors (Lipinski definition) is 1. The van der Waals surface area contributed by atoms with E-state index in [0.29, 0.717) is 0 Å². The minimum absolute atomic E-state index is 1.04. The maximum absolute atomic E-state index is 4.14. The van der Waals surface area contributed by atoms with Crippen molar-refractivity contribution in [2.75, 3.05) is 20.1 Å². The highest BCUT2D eigenvalue weighted by Crippen LogP contribution is 2.24. The van der Waals surface area contributed by atoms with E-state index in [1.807, 2.05) is 18.5 Å². The number of nitrogens with zero attached hydrogens (tertiary/aromatic N) is 2. The Kier molecular flexibility index (Phi) is 2.26. The van der Waals surface area contributed by atoms with E-state index in [2.05, 4.69) is 34.1 Å². The van der Waals surface area contributed by atoms with Gasteiger partial charge in [0.05, 0.1) is 0 Å². The van der Waals surface area contributed by atoms with Crippen LogP contribution in [0.25, 0.3) is 16.5 Å². The third-order valence-electron chi connectivity index (χ3n) is 3.18. The molecule has 0 saturated heterocycles. The van der Waals surface area contributed by atoms with Gasteiger partial charge in [-0.05, 0) is 31.2 Å². The topological polar surface area (TPSA) is 31.9 Å². The van der Waals surface area contributed by atoms with Crippen LogP contribution in [0.2, 0.25) is 0 Å². The summed E-state index contributed by atoms with van der Waals surface area (Å²) in [6.07, 6.45) is 7.16. The molecule has 0 spiro atoms. The number of nitrogens with one attached hydrogen (secondary N) is 1. The van der Waals surface area contributed by atoms with Crippen LogP contribution < -0.4 is 0 Å². The van der Waals surface area contributed by atoms with Gasteiger partial charge >= 0.3 is 0 Å². The first-order valence-corrected chi connectivity index (χ1v) is 5.63. The van der Waals surface area contributed by atoms with Crippen molar-refractivity contribution >= 4 is 16.5 Å². The Morgan fingerprint density at radius 3 is 3.12 bits per heavy atom. The monoisotopic (exact) mass is 213 g/mol. The number of aromatic amines is 1. The molecule has 3 nitrogen and oxygen atoms in total. The van der Waals surface area contributed by atoms with E-state index >= 15 is 0 Å². The van der Waals surface area contributed by atoms with Gasteiger partial charge in [0.1, 0.15) is 0 Å². The predicted molar refractivity (Wildman–Crippen MR) is 66.2 cm³/mol. The third-order valence-corrected chi connectivity index (χ3v) is 3.18. The number of fused-ring (bicyclic) bond motifs is 1. The fraction of sp³-hybridized carbons (Fsp3) is 0.308. The summed E-state index contributed by atoms with van der Waals surface area (Å²) in [6, 6.07) is 4.22. The lowest BCUT2D eigenvalue weighted by Gasteiger charge is -2.21. The highest BCUT2D eigenvalue weighted by molar-refractivity contribution is 5.84. The highest BCUT2D eigenvalue weighted by Gasteiger charge is 2.11. The van der Waals surface area contributed by atoms with Crippen molar-refractivity contribution in [3.8, 4) is 0 Å². The van der Waals surface area contributed by atoms with E-state index in [-0.39, 0.29) is 0 Å². The summed E-state index contributed by atoms with van der Waals surface area (Å²) in [5.74, 6) is 0. The maximum atomic E-state index is 4.14. The van der Waals surface area contributed by atoms with Crippen molar-refractivity contribution in [3.63, 3.8) is 0 Å². The molecule has 0 aromatic carbocycles. The summed E-state index contributed by atoms with van der Waals surface area (Å²) in [6.45, 7) is 2.18. The van der Waals surface area contributed by atoms with Crippen LogP contribution in [-0.4, -0.2) is 35.0 Å². The van der Waals surface area contributed by atoms with Gasteiger partial charge in [0.2, 0.25) is 0 Å². The molecule has 0 atom stereocenters. The van der Waals surface area contributed by atoms with Crippen molar-refractivity contribution in [2.24, 2.45) is 0 Å². The molecule has 0 saturated carbocycles. The first kappa shape index (κ1) is 9.60. The van der Waals surface area contributed by atoms with Gasteiger partial charge in [-0.3, -0.25) is 4.98 Å². The van der Waals surface area contributed by atoms with Crippen LogP contribution >= 0.6 is 0 Å². The Balaban J connectivity index is 2.00. The quantitative estimate of drug-likeness (QED) is 0.788. The smallest absolute Gasteiger partial charge is 0.0489 e. The van der Waals surface area contributed by atoms with Crippen molar-refractivity contribution < 1.29 is 0 Å². The molecule has 16 heavy (non-hydrogen) atoms. The Labute approximate surface area is 94.8 Å². The molecule has 1 N–H and O–H groups in total. The van der Waals surface area contributed by atoms with Crippen LogP contribution in [0.1, 0.15) is 12.1 Å². The molecule has 2 aromatic heterocycles. The number of likely N-dealkylation sites (N-methyl/N-ethyl adjacent to an activating group) is 1. The maximum Gasteiger partial charge on any atom is 0.0489 e. The first-order valence-electron chi connectivity index (χ1n) is 5.63. The predicted octanol–water partition coefficient (Wildman–Crippen LogP) is 2.28. The van der Waals surface area contributed by atoms with E-state index in [1.54, 1.807) is 0 Å². The van der Waals surface area contributed by atoms with Gasteiger partial charge in [-0.1, -0.05) is 6.08 Å². The minimum atomic E-state index is 1.04. The number of aromatic nitrogens is 2. The Morgan fingerprint density at radius 1 is 1.44 bits per heavy atom. The average Bonchev–Trinajstić information content (AvgIpc) is 2.73. The number of pyridine rings is 1. The van der Waals surface area contributed by atoms with E-state index in [1.165, 1.54) is 22.2 Å². The molecular weight excluding hydrogens is 198 g/mol. The van der Waals surface area contributed by atoms with Crippen LogP contribution in [0.5, 0.6) is 0 Å². The second-order valence-corrected chi connectivity index (χ2v) is 4.39. The average molecular weight is 213 g/mol. The third kappa shape index (κ3) is 1.63. The van der Waals surface area contributed by atoms with E-state index in [4.69, 9.17) is 0 Å². The molecule has 3 rings (SSSR count). The Morgan fingerprint density at radius 2 is 2.38 bits per heavy atom. The van der Waals surface area contributed by atoms with E-state index in [0.717, 1.165) is 19.5 Å². The standard InChI is InChI=1S/C13H15N3/c1-16-6-3-10(4-7-16)13-8-11-9-14-5-2-12(11)15-13/h2-3,5,8-9,15H,4,6-7H2,1H3. The van der Waals surface area contributed by atoms with Gasteiger partial charge in [0, 0.05) is 42.1 Å². The van der Waals surface area contributed by atoms with Crippen molar-refractivity contribution in [1.29, 1.82) is 0 Å². The molecule has 0 amide bonds. The summed E-state index contributed by atoms with van der Waals surface area (Å²) < 4.78 is 0. The van der Waals surface area contributed by atoms with Crippen LogP contribution in [0.4, 0.5) is 0 Å². The lowest BCUT2D eigenvalue weighted by atomic mass is 10.1. The lowest BCUT2D eigenvalue weighted by molar-refractivity contribution is 0.370. The molecule has 0 fully saturated rings. The molecule has 0 radical (unpaired) electrons. The van der Waals surface area contributed by atoms with Gasteiger partial charge < -0.3 is 9.88 Å². The molecule has 82 valence electrons. The molecule has 0 aliphatic carbocycles. The zero-order valence-corrected chi connectivity index (χ0v) is 9.40. The zero-order chi connectivity index (χ0) is 11.0. The Bertz CT molecular complexity index is 506. The SMILES string of the molecule is CN1CC=C(c2cc3cnccc3[nH]2)CC1. The minimum Gasteiger partial charge on any atom is -0.355 e. The number of H-pyrrole nitrogens is 1. The van der Waals surface area contributed by atoms with E-state index < -0.39 is 0 Å². The fourth-order valence-electron chi connectivity index (χ4n) is 2.16. The van der Waals surface area contributed by atoms with Gasteiger partial charge in [0.15, 0.2) is 0 Å². The summed E-state index contributed by atoms with van der Waals surface area (Å²) >= 11 is 0. The number of hydrogen-bond acceptors (Lipinski definition) is 2. The van der Waals surface area contributed by atoms with Gasteiger partial charge in [-0.15, -0.1) is 0 Å².